The number of fused-ring (bicyclic) bond motifs is 4. The van der Waals surface area contributed by atoms with Crippen LogP contribution in [0.5, 0.6) is 5.88 Å². The van der Waals surface area contributed by atoms with Gasteiger partial charge < -0.3 is 4.74 Å². The summed E-state index contributed by atoms with van der Waals surface area (Å²) in [6, 6.07) is 19.8. The molecule has 0 aliphatic carbocycles. The van der Waals surface area contributed by atoms with E-state index in [2.05, 4.69) is 31.1 Å². The van der Waals surface area contributed by atoms with Crippen molar-refractivity contribution in [1.29, 1.82) is 0 Å². The lowest BCUT2D eigenvalue weighted by Crippen LogP contribution is -2.36. The van der Waals surface area contributed by atoms with Gasteiger partial charge in [-0.1, -0.05) is 77.1 Å². The first-order chi connectivity index (χ1) is 15.6. The molecule has 1 atom stereocenters. The summed E-state index contributed by atoms with van der Waals surface area (Å²) in [5.74, 6) is 1.03. The Morgan fingerprint density at radius 1 is 1.12 bits per heavy atom. The van der Waals surface area contributed by atoms with Crippen LogP contribution in [0, 0.1) is 0 Å². The van der Waals surface area contributed by atoms with Crippen molar-refractivity contribution in [1.82, 2.24) is 15.2 Å². The predicted octanol–water partition coefficient (Wildman–Crippen LogP) is 6.01. The molecule has 32 heavy (non-hydrogen) atoms. The Labute approximate surface area is 198 Å². The van der Waals surface area contributed by atoms with Gasteiger partial charge in [0, 0.05) is 22.5 Å². The molecule has 4 aromatic rings. The molecule has 1 aliphatic heterocycles. The molecule has 1 unspecified atom stereocenters. The lowest BCUT2D eigenvalue weighted by Gasteiger charge is -2.30. The van der Waals surface area contributed by atoms with E-state index >= 15 is 0 Å². The molecule has 1 aliphatic rings. The van der Waals surface area contributed by atoms with Gasteiger partial charge in [-0.05, 0) is 34.7 Å². The van der Waals surface area contributed by atoms with E-state index in [1.54, 1.807) is 11.8 Å². The topological polar surface area (TPSA) is 68.2 Å². The van der Waals surface area contributed by atoms with E-state index in [1.165, 1.54) is 11.8 Å². The highest BCUT2D eigenvalue weighted by Crippen LogP contribution is 2.45. The van der Waals surface area contributed by atoms with Crippen LogP contribution in [0.3, 0.4) is 0 Å². The van der Waals surface area contributed by atoms with Gasteiger partial charge in [0.1, 0.15) is 0 Å². The Bertz CT molecular complexity index is 1340. The van der Waals surface area contributed by atoms with E-state index in [0.29, 0.717) is 22.4 Å². The number of benzene rings is 3. The van der Waals surface area contributed by atoms with Crippen molar-refractivity contribution < 1.29 is 9.53 Å². The summed E-state index contributed by atoms with van der Waals surface area (Å²) in [4.78, 5) is 19.3. The second-order valence-corrected chi connectivity index (χ2v) is 9.42. The minimum Gasteiger partial charge on any atom is -0.447 e. The summed E-state index contributed by atoms with van der Waals surface area (Å²) in [7, 11) is 0. The molecule has 3 aromatic carbocycles. The number of halogens is 1. The maximum Gasteiger partial charge on any atom is 0.247 e. The number of hydrogen-bond acceptors (Lipinski definition) is 6. The van der Waals surface area contributed by atoms with Gasteiger partial charge in [-0.15, -0.1) is 10.2 Å². The summed E-state index contributed by atoms with van der Waals surface area (Å²) in [6.07, 6.45) is -0.712. The van der Waals surface area contributed by atoms with Crippen LogP contribution >= 0.6 is 27.7 Å². The number of hydrogen-bond donors (Lipinski definition) is 0. The molecule has 160 valence electrons. The van der Waals surface area contributed by atoms with Crippen molar-refractivity contribution in [2.75, 3.05) is 10.7 Å². The molecule has 2 heterocycles. The highest BCUT2D eigenvalue weighted by atomic mass is 79.9. The molecule has 0 bridgehead atoms. The minimum atomic E-state index is -0.712. The lowest BCUT2D eigenvalue weighted by molar-refractivity contribution is -0.118. The second-order valence-electron chi connectivity index (χ2n) is 7.27. The van der Waals surface area contributed by atoms with Gasteiger partial charge in [0.15, 0.2) is 5.69 Å². The molecule has 0 spiro atoms. The number of anilines is 1. The van der Waals surface area contributed by atoms with Gasteiger partial charge in [0.05, 0.1) is 5.69 Å². The van der Waals surface area contributed by atoms with Crippen molar-refractivity contribution in [2.24, 2.45) is 0 Å². The molecule has 0 saturated heterocycles. The third kappa shape index (κ3) is 3.63. The monoisotopic (exact) mass is 506 g/mol. The van der Waals surface area contributed by atoms with Crippen LogP contribution in [0.1, 0.15) is 25.6 Å². The zero-order chi connectivity index (χ0) is 22.2. The number of rotatable bonds is 3. The Morgan fingerprint density at radius 3 is 2.75 bits per heavy atom. The van der Waals surface area contributed by atoms with Crippen LogP contribution in [0.15, 0.2) is 70.3 Å². The van der Waals surface area contributed by atoms with Crippen LogP contribution in [0.25, 0.3) is 22.0 Å². The quantitative estimate of drug-likeness (QED) is 0.317. The average Bonchev–Trinajstić information content (AvgIpc) is 2.93. The second kappa shape index (κ2) is 8.52. The number of carbonyl (C=O) groups is 1. The summed E-state index contributed by atoms with van der Waals surface area (Å²) < 4.78 is 7.36. The van der Waals surface area contributed by atoms with Crippen LogP contribution in [0.2, 0.25) is 0 Å². The highest BCUT2D eigenvalue weighted by Gasteiger charge is 2.35. The van der Waals surface area contributed by atoms with E-state index in [-0.39, 0.29) is 5.91 Å². The number of aromatic nitrogens is 3. The van der Waals surface area contributed by atoms with Crippen LogP contribution in [-0.2, 0) is 4.79 Å². The number of ether oxygens (including phenoxy) is 1. The SMILES string of the molecule is CCSc1nnc2c(n1)OC(c1cccc3ccccc13)N(C(C)=O)c1ccc(Br)cc1-2. The average molecular weight is 507 g/mol. The Kier molecular flexibility index (Phi) is 5.57. The molecule has 0 N–H and O–H groups in total. The predicted molar refractivity (Wildman–Crippen MR) is 130 cm³/mol. The first-order valence-corrected chi connectivity index (χ1v) is 12.0. The van der Waals surface area contributed by atoms with Gasteiger partial charge in [-0.3, -0.25) is 9.69 Å². The molecule has 6 nitrogen and oxygen atoms in total. The zero-order valence-electron chi connectivity index (χ0n) is 17.4. The van der Waals surface area contributed by atoms with Crippen LogP contribution < -0.4 is 9.64 Å². The van der Waals surface area contributed by atoms with E-state index in [1.807, 2.05) is 67.6 Å². The number of amides is 1. The summed E-state index contributed by atoms with van der Waals surface area (Å²) in [5.41, 5.74) is 2.82. The van der Waals surface area contributed by atoms with E-state index < -0.39 is 6.23 Å². The van der Waals surface area contributed by atoms with Gasteiger partial charge in [-0.25, -0.2) is 0 Å². The van der Waals surface area contributed by atoms with Gasteiger partial charge in [0.25, 0.3) is 0 Å². The van der Waals surface area contributed by atoms with E-state index in [0.717, 1.165) is 32.1 Å². The molecular formula is C24H19BrN4O2S. The molecule has 1 aromatic heterocycles. The number of carbonyl (C=O) groups excluding carboxylic acids is 1. The smallest absolute Gasteiger partial charge is 0.247 e. The van der Waals surface area contributed by atoms with E-state index in [4.69, 9.17) is 4.74 Å². The summed E-state index contributed by atoms with van der Waals surface area (Å²) >= 11 is 5.03. The van der Waals surface area contributed by atoms with Crippen LogP contribution in [0.4, 0.5) is 5.69 Å². The van der Waals surface area contributed by atoms with Gasteiger partial charge in [-0.2, -0.15) is 4.98 Å². The van der Waals surface area contributed by atoms with Crippen molar-refractivity contribution >= 4 is 50.1 Å². The van der Waals surface area contributed by atoms with Gasteiger partial charge >= 0.3 is 0 Å². The first kappa shape index (κ1) is 20.9. The largest absolute Gasteiger partial charge is 0.447 e. The third-order valence-corrected chi connectivity index (χ3v) is 6.48. The lowest BCUT2D eigenvalue weighted by atomic mass is 10.0. The van der Waals surface area contributed by atoms with Crippen LogP contribution in [-0.4, -0.2) is 26.8 Å². The number of nitrogens with zero attached hydrogens (tertiary/aromatic N) is 4. The maximum absolute atomic E-state index is 13.0. The molecule has 0 saturated carbocycles. The molecule has 0 radical (unpaired) electrons. The van der Waals surface area contributed by atoms with Crippen molar-refractivity contribution in [3.63, 3.8) is 0 Å². The fourth-order valence-electron chi connectivity index (χ4n) is 3.94. The molecule has 1 amide bonds. The third-order valence-electron chi connectivity index (χ3n) is 5.27. The Hall–Kier alpha value is -2.97. The Morgan fingerprint density at radius 2 is 1.94 bits per heavy atom. The normalized spacial score (nSPS) is 15.0. The van der Waals surface area contributed by atoms with Gasteiger partial charge in [0.2, 0.25) is 23.2 Å². The maximum atomic E-state index is 13.0. The molecule has 8 heteroatoms. The van der Waals surface area contributed by atoms with Crippen molar-refractivity contribution in [3.8, 4) is 17.1 Å². The zero-order valence-corrected chi connectivity index (χ0v) is 19.9. The fraction of sp³-hybridized carbons (Fsp3) is 0.167. The minimum absolute atomic E-state index is 0.143. The molecule has 5 rings (SSSR count). The fourth-order valence-corrected chi connectivity index (χ4v) is 4.80. The summed E-state index contributed by atoms with van der Waals surface area (Å²) in [6.45, 7) is 3.57. The van der Waals surface area contributed by atoms with Crippen molar-refractivity contribution in [3.05, 3.63) is 70.7 Å². The van der Waals surface area contributed by atoms with Crippen molar-refractivity contribution in [2.45, 2.75) is 25.2 Å². The summed E-state index contributed by atoms with van der Waals surface area (Å²) in [5, 5.41) is 11.3. The Balaban J connectivity index is 1.80. The molecular weight excluding hydrogens is 488 g/mol. The van der Waals surface area contributed by atoms with E-state index in [9.17, 15) is 4.79 Å². The number of thioether (sulfide) groups is 1. The highest BCUT2D eigenvalue weighted by molar-refractivity contribution is 9.10. The molecule has 0 fully saturated rings. The standard InChI is InChI=1S/C24H19BrN4O2S/c1-3-32-24-26-22-21(27-28-24)19-13-16(25)11-12-20(19)29(14(2)30)23(31-22)18-10-6-8-15-7-4-5-9-17(15)18/h4-13,23H,3H2,1-2H3. The first-order valence-electron chi connectivity index (χ1n) is 10.2.